The predicted molar refractivity (Wildman–Crippen MR) is 218 cm³/mol. The van der Waals surface area contributed by atoms with Crippen molar-refractivity contribution in [1.29, 1.82) is 0 Å². The molecule has 3 aromatic heterocycles. The van der Waals surface area contributed by atoms with Crippen LogP contribution >= 0.6 is 11.6 Å². The molecule has 248 valence electrons. The van der Waals surface area contributed by atoms with Crippen LogP contribution in [0.5, 0.6) is 0 Å². The first-order valence-electron chi connectivity index (χ1n) is 17.5. The summed E-state index contributed by atoms with van der Waals surface area (Å²) in [5.74, 6) is 1.81. The second-order valence-electron chi connectivity index (χ2n) is 13.4. The molecule has 0 aliphatic carbocycles. The number of nitrogens with zero attached hydrogens (tertiary/aromatic N) is 4. The Morgan fingerprint density at radius 2 is 1.09 bits per heavy atom. The molecule has 0 aliphatic rings. The Labute approximate surface area is 308 Å². The Kier molecular flexibility index (Phi) is 6.54. The van der Waals surface area contributed by atoms with E-state index in [0.717, 1.165) is 76.9 Å². The van der Waals surface area contributed by atoms with Gasteiger partial charge in [-0.3, -0.25) is 0 Å². The average Bonchev–Trinajstić information content (AvgIpc) is 3.75. The van der Waals surface area contributed by atoms with Gasteiger partial charge in [0.05, 0.1) is 11.0 Å². The summed E-state index contributed by atoms with van der Waals surface area (Å²) in [4.78, 5) is 15.6. The SMILES string of the molecule is Clc1ccc2c(c1)oc1ccc3ccc(-c4nc(-c5ccc6c7ccccc7n(-c7ccccc7)c6c5)nc(-c5cccc6ccccc56)n4)cc3c12. The minimum atomic E-state index is 0.594. The molecule has 0 aliphatic heterocycles. The van der Waals surface area contributed by atoms with Gasteiger partial charge in [-0.05, 0) is 70.1 Å². The van der Waals surface area contributed by atoms with E-state index in [0.29, 0.717) is 22.5 Å². The zero-order valence-electron chi connectivity index (χ0n) is 28.2. The van der Waals surface area contributed by atoms with E-state index in [9.17, 15) is 0 Å². The van der Waals surface area contributed by atoms with Gasteiger partial charge < -0.3 is 8.98 Å². The number of benzene rings is 8. The topological polar surface area (TPSA) is 56.7 Å². The van der Waals surface area contributed by atoms with Crippen molar-refractivity contribution in [3.63, 3.8) is 0 Å². The third kappa shape index (κ3) is 4.75. The molecule has 0 spiro atoms. The van der Waals surface area contributed by atoms with Crippen LogP contribution < -0.4 is 0 Å². The average molecular weight is 699 g/mol. The minimum absolute atomic E-state index is 0.594. The molecule has 0 N–H and O–H groups in total. The van der Waals surface area contributed by atoms with Crippen LogP contribution in [0.4, 0.5) is 0 Å². The molecule has 11 aromatic rings. The number of fused-ring (bicyclic) bond motifs is 9. The molecule has 8 aromatic carbocycles. The molecule has 0 radical (unpaired) electrons. The summed E-state index contributed by atoms with van der Waals surface area (Å²) >= 11 is 6.35. The van der Waals surface area contributed by atoms with E-state index in [1.165, 1.54) is 10.8 Å². The first-order chi connectivity index (χ1) is 26.2. The van der Waals surface area contributed by atoms with Crippen LogP contribution in [0.25, 0.3) is 105 Å². The van der Waals surface area contributed by atoms with Gasteiger partial charge in [0.1, 0.15) is 11.2 Å². The van der Waals surface area contributed by atoms with Crippen LogP contribution in [0.1, 0.15) is 0 Å². The van der Waals surface area contributed by atoms with Gasteiger partial charge in [-0.25, -0.2) is 15.0 Å². The van der Waals surface area contributed by atoms with E-state index in [-0.39, 0.29) is 0 Å². The van der Waals surface area contributed by atoms with Crippen molar-refractivity contribution in [2.24, 2.45) is 0 Å². The summed E-state index contributed by atoms with van der Waals surface area (Å²) in [6.07, 6.45) is 0. The highest BCUT2D eigenvalue weighted by molar-refractivity contribution is 6.32. The van der Waals surface area contributed by atoms with Crippen LogP contribution in [0, 0.1) is 0 Å². The fourth-order valence-corrected chi connectivity index (χ4v) is 8.01. The van der Waals surface area contributed by atoms with E-state index in [1.807, 2.05) is 30.3 Å². The predicted octanol–water partition coefficient (Wildman–Crippen LogP) is 12.8. The van der Waals surface area contributed by atoms with Gasteiger partial charge in [0.15, 0.2) is 17.5 Å². The summed E-state index contributed by atoms with van der Waals surface area (Å²) in [7, 11) is 0. The van der Waals surface area contributed by atoms with Gasteiger partial charge in [0.25, 0.3) is 0 Å². The first kappa shape index (κ1) is 29.9. The Bertz CT molecular complexity index is 3250. The van der Waals surface area contributed by atoms with Gasteiger partial charge in [-0.1, -0.05) is 121 Å². The first-order valence-corrected chi connectivity index (χ1v) is 17.9. The van der Waals surface area contributed by atoms with Crippen LogP contribution in [0.15, 0.2) is 168 Å². The Balaban J connectivity index is 1.17. The number of aromatic nitrogens is 4. The number of rotatable bonds is 4. The highest BCUT2D eigenvalue weighted by Crippen LogP contribution is 2.39. The number of para-hydroxylation sites is 2. The van der Waals surface area contributed by atoms with Crippen LogP contribution in [0.2, 0.25) is 5.02 Å². The van der Waals surface area contributed by atoms with Gasteiger partial charge in [0.2, 0.25) is 0 Å². The lowest BCUT2D eigenvalue weighted by Gasteiger charge is -2.12. The molecule has 5 nitrogen and oxygen atoms in total. The summed E-state index contributed by atoms with van der Waals surface area (Å²) < 4.78 is 8.57. The molecule has 11 rings (SSSR count). The smallest absolute Gasteiger partial charge is 0.164 e. The maximum absolute atomic E-state index is 6.35. The normalized spacial score (nSPS) is 11.9. The molecular formula is C47H27ClN4O. The van der Waals surface area contributed by atoms with E-state index < -0.39 is 0 Å². The highest BCUT2D eigenvalue weighted by Gasteiger charge is 2.19. The molecule has 0 saturated carbocycles. The Morgan fingerprint density at radius 1 is 0.434 bits per heavy atom. The number of furan rings is 1. The lowest BCUT2D eigenvalue weighted by Crippen LogP contribution is -2.01. The maximum atomic E-state index is 6.35. The van der Waals surface area contributed by atoms with Crippen molar-refractivity contribution in [2.75, 3.05) is 0 Å². The van der Waals surface area contributed by atoms with E-state index >= 15 is 0 Å². The lowest BCUT2D eigenvalue weighted by atomic mass is 10.0. The van der Waals surface area contributed by atoms with Gasteiger partial charge >= 0.3 is 0 Å². The summed E-state index contributed by atoms with van der Waals surface area (Å²) in [6, 6.07) is 56.5. The monoisotopic (exact) mass is 698 g/mol. The number of hydrogen-bond donors (Lipinski definition) is 0. The quantitative estimate of drug-likeness (QED) is 0.184. The van der Waals surface area contributed by atoms with Gasteiger partial charge in [0, 0.05) is 55.0 Å². The van der Waals surface area contributed by atoms with E-state index in [2.05, 4.69) is 138 Å². The third-order valence-corrected chi connectivity index (χ3v) is 10.5. The summed E-state index contributed by atoms with van der Waals surface area (Å²) in [6.45, 7) is 0. The summed E-state index contributed by atoms with van der Waals surface area (Å²) in [5.41, 5.74) is 7.64. The van der Waals surface area contributed by atoms with Crippen LogP contribution in [-0.4, -0.2) is 19.5 Å². The fourth-order valence-electron chi connectivity index (χ4n) is 7.85. The third-order valence-electron chi connectivity index (χ3n) is 10.3. The fraction of sp³-hybridized carbons (Fsp3) is 0. The Morgan fingerprint density at radius 3 is 1.98 bits per heavy atom. The second-order valence-corrected chi connectivity index (χ2v) is 13.8. The van der Waals surface area contributed by atoms with Crippen LogP contribution in [0.3, 0.4) is 0 Å². The number of halogens is 1. The van der Waals surface area contributed by atoms with Crippen LogP contribution in [-0.2, 0) is 0 Å². The molecule has 0 atom stereocenters. The Hall–Kier alpha value is -6.82. The molecule has 0 fully saturated rings. The second kappa shape index (κ2) is 11.6. The molecule has 0 unspecified atom stereocenters. The van der Waals surface area contributed by atoms with Crippen molar-refractivity contribution < 1.29 is 4.42 Å². The lowest BCUT2D eigenvalue weighted by molar-refractivity contribution is 0.669. The van der Waals surface area contributed by atoms with Crippen molar-refractivity contribution in [1.82, 2.24) is 19.5 Å². The molecule has 0 saturated heterocycles. The maximum Gasteiger partial charge on any atom is 0.164 e. The molecule has 0 bridgehead atoms. The zero-order chi connectivity index (χ0) is 35.0. The van der Waals surface area contributed by atoms with Crippen molar-refractivity contribution in [2.45, 2.75) is 0 Å². The van der Waals surface area contributed by atoms with Gasteiger partial charge in [-0.2, -0.15) is 0 Å². The highest BCUT2D eigenvalue weighted by atomic mass is 35.5. The van der Waals surface area contributed by atoms with Crippen molar-refractivity contribution in [3.8, 4) is 39.9 Å². The zero-order valence-corrected chi connectivity index (χ0v) is 28.9. The standard InChI is InChI=1S/C47H27ClN4O/c48-32-21-23-38-43(27-32)53-42-24-20-29-17-18-30(25-39(29)44(38)42)45-49-46(51-47(50-45)37-15-8-10-28-9-4-5-13-34(28)37)31-19-22-36-35-14-6-7-16-40(35)52(41(36)26-31)33-11-2-1-3-12-33/h1-27H. The molecule has 53 heavy (non-hydrogen) atoms. The van der Waals surface area contributed by atoms with E-state index in [4.69, 9.17) is 31.0 Å². The molecule has 6 heteroatoms. The van der Waals surface area contributed by atoms with Crippen molar-refractivity contribution in [3.05, 3.63) is 169 Å². The molecule has 0 amide bonds. The van der Waals surface area contributed by atoms with Crippen molar-refractivity contribution >= 4 is 76.9 Å². The summed E-state index contributed by atoms with van der Waals surface area (Å²) in [5, 5.41) is 9.43. The largest absolute Gasteiger partial charge is 0.456 e. The number of hydrogen-bond acceptors (Lipinski definition) is 4. The van der Waals surface area contributed by atoms with Gasteiger partial charge in [-0.15, -0.1) is 0 Å². The minimum Gasteiger partial charge on any atom is -0.456 e. The van der Waals surface area contributed by atoms with E-state index in [1.54, 1.807) is 0 Å². The molecular weight excluding hydrogens is 672 g/mol. The molecule has 3 heterocycles.